The minimum atomic E-state index is -3.32. The first-order valence-electron chi connectivity index (χ1n) is 14.1. The van der Waals surface area contributed by atoms with Gasteiger partial charge in [0.25, 0.3) is 0 Å². The molecule has 0 radical (unpaired) electrons. The average Bonchev–Trinajstić information content (AvgIpc) is 3.25. The maximum absolute atomic E-state index is 14.2. The quantitative estimate of drug-likeness (QED) is 0.372. The number of rotatable bonds is 6. The Bertz CT molecular complexity index is 1770. The summed E-state index contributed by atoms with van der Waals surface area (Å²) in [5, 5.41) is 0.728. The molecular weight excluding hydrogens is 586 g/mol. The number of ether oxygens (including phenoxy) is 2. The van der Waals surface area contributed by atoms with E-state index in [2.05, 4.69) is 4.36 Å². The predicted octanol–water partition coefficient (Wildman–Crippen LogP) is 4.65. The lowest BCUT2D eigenvalue weighted by atomic mass is 9.77. The standard InChI is InChI=1S/C31H39N5O7S/c1-8-44(41,34-27(39)42-29(2,3)4)20-13-14-23(35-17-31(18-35,25(32)37)26(33)38)21(16-20)24-15-19-11-9-10-12-22(19)36(24)28(40)43-30(5,6)7/h9-16H,8,17-18H2,1-7H3,(H2,32,37)(H2,33,38). The van der Waals surface area contributed by atoms with E-state index in [1.165, 1.54) is 4.57 Å². The summed E-state index contributed by atoms with van der Waals surface area (Å²) in [6.45, 7) is 11.8. The third kappa shape index (κ3) is 6.28. The van der Waals surface area contributed by atoms with E-state index in [9.17, 15) is 23.4 Å². The van der Waals surface area contributed by atoms with Crippen molar-refractivity contribution in [2.75, 3.05) is 23.7 Å². The first-order valence-corrected chi connectivity index (χ1v) is 15.8. The van der Waals surface area contributed by atoms with Crippen LogP contribution in [0.4, 0.5) is 15.3 Å². The molecule has 1 aliphatic heterocycles. The molecule has 2 aromatic carbocycles. The SMILES string of the molecule is CCS(=O)(=NC(=O)OC(C)(C)C)c1ccc(N2CC(C(N)=O)(C(N)=O)C2)c(-c2cc3ccccc3n2C(=O)OC(C)(C)C)c1. The number of carbonyl (C=O) groups is 4. The van der Waals surface area contributed by atoms with Gasteiger partial charge in [-0.25, -0.2) is 18.4 Å². The zero-order valence-electron chi connectivity index (χ0n) is 26.0. The van der Waals surface area contributed by atoms with Gasteiger partial charge in [-0.15, -0.1) is 4.36 Å². The molecule has 4 rings (SSSR count). The first kappa shape index (κ1) is 32.5. The maximum Gasteiger partial charge on any atom is 0.442 e. The topological polar surface area (TPSA) is 176 Å². The number of hydrogen-bond donors (Lipinski definition) is 2. The largest absolute Gasteiger partial charge is 0.443 e. The van der Waals surface area contributed by atoms with Crippen molar-refractivity contribution in [2.24, 2.45) is 21.2 Å². The predicted molar refractivity (Wildman–Crippen MR) is 168 cm³/mol. The number of primary amides is 2. The fraction of sp³-hybridized carbons (Fsp3) is 0.419. The number of aromatic nitrogens is 1. The summed E-state index contributed by atoms with van der Waals surface area (Å²) in [6.07, 6.45) is -1.61. The van der Waals surface area contributed by atoms with Crippen molar-refractivity contribution in [3.63, 3.8) is 0 Å². The van der Waals surface area contributed by atoms with Crippen LogP contribution < -0.4 is 16.4 Å². The smallest absolute Gasteiger partial charge is 0.442 e. The second-order valence-corrected chi connectivity index (χ2v) is 15.3. The molecule has 0 aliphatic carbocycles. The fourth-order valence-electron chi connectivity index (χ4n) is 4.95. The third-order valence-electron chi connectivity index (χ3n) is 7.11. The van der Waals surface area contributed by atoms with Crippen LogP contribution in [0.3, 0.4) is 0 Å². The van der Waals surface area contributed by atoms with Crippen LogP contribution in [0.1, 0.15) is 48.5 Å². The first-order chi connectivity index (χ1) is 20.3. The molecule has 0 bridgehead atoms. The van der Waals surface area contributed by atoms with E-state index in [1.54, 1.807) is 89.8 Å². The summed E-state index contributed by atoms with van der Waals surface area (Å²) >= 11 is 0. The van der Waals surface area contributed by atoms with E-state index in [1.807, 2.05) is 12.1 Å². The Balaban J connectivity index is 1.98. The normalized spacial score (nSPS) is 16.0. The Labute approximate surface area is 256 Å². The van der Waals surface area contributed by atoms with Crippen molar-refractivity contribution in [1.29, 1.82) is 0 Å². The lowest BCUT2D eigenvalue weighted by Gasteiger charge is -2.47. The molecule has 236 valence electrons. The molecule has 2 heterocycles. The number of para-hydroxylation sites is 1. The van der Waals surface area contributed by atoms with Gasteiger partial charge in [-0.3, -0.25) is 9.59 Å². The highest BCUT2D eigenvalue weighted by Gasteiger charge is 2.54. The van der Waals surface area contributed by atoms with Crippen molar-refractivity contribution in [3.8, 4) is 11.3 Å². The van der Waals surface area contributed by atoms with E-state index in [0.29, 0.717) is 22.5 Å². The van der Waals surface area contributed by atoms with E-state index < -0.39 is 50.3 Å². The average molecular weight is 626 g/mol. The van der Waals surface area contributed by atoms with Crippen LogP contribution in [0.2, 0.25) is 0 Å². The summed E-state index contributed by atoms with van der Waals surface area (Å²) in [5.74, 6) is -1.68. The van der Waals surface area contributed by atoms with Gasteiger partial charge in [-0.05, 0) is 71.9 Å². The number of nitrogens with two attached hydrogens (primary N) is 2. The lowest BCUT2D eigenvalue weighted by Crippen LogP contribution is -2.68. The summed E-state index contributed by atoms with van der Waals surface area (Å²) in [5.41, 5.74) is 9.78. The van der Waals surface area contributed by atoms with Crippen LogP contribution in [-0.2, 0) is 28.8 Å². The summed E-state index contributed by atoms with van der Waals surface area (Å²) in [4.78, 5) is 52.7. The number of hydrogen-bond acceptors (Lipinski definition) is 8. The molecule has 4 N–H and O–H groups in total. The highest BCUT2D eigenvalue weighted by molar-refractivity contribution is 7.93. The van der Waals surface area contributed by atoms with E-state index in [4.69, 9.17) is 20.9 Å². The Kier molecular flexibility index (Phi) is 8.33. The van der Waals surface area contributed by atoms with Crippen LogP contribution in [0.25, 0.3) is 22.2 Å². The van der Waals surface area contributed by atoms with Gasteiger partial charge >= 0.3 is 12.2 Å². The van der Waals surface area contributed by atoms with Crippen LogP contribution >= 0.6 is 0 Å². The van der Waals surface area contributed by atoms with Crippen molar-refractivity contribution in [1.82, 2.24) is 4.57 Å². The van der Waals surface area contributed by atoms with Gasteiger partial charge < -0.3 is 25.8 Å². The van der Waals surface area contributed by atoms with Gasteiger partial charge in [-0.2, -0.15) is 0 Å². The van der Waals surface area contributed by atoms with E-state index in [0.717, 1.165) is 5.39 Å². The molecule has 13 heteroatoms. The molecule has 1 saturated heterocycles. The maximum atomic E-state index is 14.2. The minimum Gasteiger partial charge on any atom is -0.443 e. The van der Waals surface area contributed by atoms with Gasteiger partial charge in [0.15, 0.2) is 5.41 Å². The number of benzene rings is 2. The zero-order valence-corrected chi connectivity index (χ0v) is 26.8. The van der Waals surface area contributed by atoms with Crippen LogP contribution in [0, 0.1) is 5.41 Å². The van der Waals surface area contributed by atoms with E-state index >= 15 is 0 Å². The molecule has 1 fully saturated rings. The summed E-state index contributed by atoms with van der Waals surface area (Å²) in [7, 11) is -3.32. The number of amides is 3. The van der Waals surface area contributed by atoms with Crippen molar-refractivity contribution in [3.05, 3.63) is 48.5 Å². The second kappa shape index (κ2) is 11.3. The molecule has 12 nitrogen and oxygen atoms in total. The number of carbonyl (C=O) groups excluding carboxylic acids is 4. The van der Waals surface area contributed by atoms with Gasteiger partial charge in [-0.1, -0.05) is 25.1 Å². The molecule has 1 atom stereocenters. The van der Waals surface area contributed by atoms with E-state index in [-0.39, 0.29) is 23.7 Å². The Morgan fingerprint density at radius 2 is 1.50 bits per heavy atom. The molecule has 3 amide bonds. The van der Waals surface area contributed by atoms with Crippen LogP contribution in [-0.4, -0.2) is 62.8 Å². The fourth-order valence-corrected chi connectivity index (χ4v) is 6.37. The Morgan fingerprint density at radius 1 is 0.909 bits per heavy atom. The third-order valence-corrected chi connectivity index (χ3v) is 9.33. The molecule has 44 heavy (non-hydrogen) atoms. The van der Waals surface area contributed by atoms with Gasteiger partial charge in [0.05, 0.1) is 20.9 Å². The summed E-state index contributed by atoms with van der Waals surface area (Å²) in [6, 6.07) is 13.8. The van der Waals surface area contributed by atoms with Crippen LogP contribution in [0.5, 0.6) is 0 Å². The monoisotopic (exact) mass is 625 g/mol. The van der Waals surface area contributed by atoms with Crippen LogP contribution in [0.15, 0.2) is 57.8 Å². The number of fused-ring (bicyclic) bond motifs is 1. The van der Waals surface area contributed by atoms with Crippen molar-refractivity contribution >= 4 is 50.3 Å². The van der Waals surface area contributed by atoms with Gasteiger partial charge in [0.1, 0.15) is 11.2 Å². The second-order valence-electron chi connectivity index (χ2n) is 12.8. The zero-order chi connectivity index (χ0) is 32.8. The Morgan fingerprint density at radius 3 is 2.05 bits per heavy atom. The van der Waals surface area contributed by atoms with Gasteiger partial charge in [0.2, 0.25) is 11.8 Å². The number of anilines is 1. The van der Waals surface area contributed by atoms with Gasteiger partial charge in [0, 0.05) is 40.4 Å². The Hall–Kier alpha value is -4.39. The van der Waals surface area contributed by atoms with Crippen molar-refractivity contribution in [2.45, 2.75) is 64.6 Å². The molecular formula is C31H39N5O7S. The highest BCUT2D eigenvalue weighted by atomic mass is 32.2. The molecule has 1 aromatic heterocycles. The summed E-state index contributed by atoms with van der Waals surface area (Å²) < 4.78 is 30.6. The van der Waals surface area contributed by atoms with Crippen molar-refractivity contribution < 1.29 is 32.9 Å². The molecule has 0 spiro atoms. The molecule has 1 unspecified atom stereocenters. The minimum absolute atomic E-state index is 0.00371. The lowest BCUT2D eigenvalue weighted by molar-refractivity contribution is -0.141. The number of nitrogens with zero attached hydrogens (tertiary/aromatic N) is 3. The molecule has 0 saturated carbocycles. The molecule has 3 aromatic rings. The molecule has 1 aliphatic rings. The highest BCUT2D eigenvalue weighted by Crippen LogP contribution is 2.42.